The van der Waals surface area contributed by atoms with Gasteiger partial charge in [-0.25, -0.2) is 21.5 Å². The first-order chi connectivity index (χ1) is 17.4. The summed E-state index contributed by atoms with van der Waals surface area (Å²) >= 11 is 12.0. The summed E-state index contributed by atoms with van der Waals surface area (Å²) in [5.41, 5.74) is -0.0224. The molecule has 0 atom stereocenters. The maximum absolute atomic E-state index is 13.0. The molecule has 38 heavy (non-hydrogen) atoms. The van der Waals surface area contributed by atoms with E-state index in [0.717, 1.165) is 16.8 Å². The molecule has 11 nitrogen and oxygen atoms in total. The van der Waals surface area contributed by atoms with Crippen LogP contribution in [-0.2, 0) is 20.1 Å². The van der Waals surface area contributed by atoms with E-state index in [0.29, 0.717) is 5.69 Å². The molecule has 1 heterocycles. The van der Waals surface area contributed by atoms with E-state index in [-0.39, 0.29) is 62.2 Å². The molecule has 0 aliphatic heterocycles. The van der Waals surface area contributed by atoms with Gasteiger partial charge in [-0.05, 0) is 49.4 Å². The van der Waals surface area contributed by atoms with Crippen LogP contribution in [0.3, 0.4) is 0 Å². The Balaban J connectivity index is 0.00000400. The summed E-state index contributed by atoms with van der Waals surface area (Å²) in [6, 6.07) is 15.9. The van der Waals surface area contributed by atoms with Crippen molar-refractivity contribution in [2.24, 2.45) is 10.2 Å². The molecule has 0 saturated carbocycles. The van der Waals surface area contributed by atoms with E-state index >= 15 is 0 Å². The topological polar surface area (TPSA) is 166 Å². The molecule has 0 radical (unpaired) electrons. The number of halogens is 2. The number of hydrogen-bond acceptors (Lipinski definition) is 8. The van der Waals surface area contributed by atoms with E-state index in [1.54, 1.807) is 30.3 Å². The predicted octanol–water partition coefficient (Wildman–Crippen LogP) is 1.91. The Bertz CT molecular complexity index is 1810. The second-order valence-electron chi connectivity index (χ2n) is 7.58. The average Bonchev–Trinajstić information content (AvgIpc) is 3.11. The van der Waals surface area contributed by atoms with E-state index in [9.17, 15) is 26.2 Å². The molecule has 0 spiro atoms. The fourth-order valence-electron chi connectivity index (χ4n) is 3.25. The molecule has 4 aromatic rings. The number of para-hydroxylation sites is 1. The van der Waals surface area contributed by atoms with Gasteiger partial charge < -0.3 is 4.55 Å². The van der Waals surface area contributed by atoms with Gasteiger partial charge in [0.25, 0.3) is 15.6 Å². The number of nitrogens with zero attached hydrogens (tertiary/aromatic N) is 3. The van der Waals surface area contributed by atoms with Crippen LogP contribution in [0.4, 0.5) is 17.1 Å². The third-order valence-corrected chi connectivity index (χ3v) is 7.95. The summed E-state index contributed by atoms with van der Waals surface area (Å²) in [7, 11) is -8.79. The van der Waals surface area contributed by atoms with E-state index in [2.05, 4.69) is 20.0 Å². The standard InChI is InChI=1S/C22H17Cl2N5O6S2.Na/c1-13-21(22(30)29(27-13)19-11-18(24)20(12-17(19)23)37(33,34)35)26-25-15-8-5-9-16(10-15)36(31,32)28-14-6-3-2-4-7-14;/h2-12,27-28H,1H3,(H,33,34,35);/q;+1/p-1. The van der Waals surface area contributed by atoms with Gasteiger partial charge in [0.05, 0.1) is 36.9 Å². The number of benzene rings is 3. The van der Waals surface area contributed by atoms with E-state index in [4.69, 9.17) is 23.2 Å². The third kappa shape index (κ3) is 6.55. The van der Waals surface area contributed by atoms with Crippen molar-refractivity contribution in [3.05, 3.63) is 92.8 Å². The van der Waals surface area contributed by atoms with Crippen molar-refractivity contribution in [2.45, 2.75) is 16.7 Å². The van der Waals surface area contributed by atoms with Crippen LogP contribution in [0.15, 0.2) is 91.5 Å². The van der Waals surface area contributed by atoms with Gasteiger partial charge >= 0.3 is 29.6 Å². The minimum atomic E-state index is -4.88. The second kappa shape index (κ2) is 11.7. The molecule has 0 unspecified atom stereocenters. The van der Waals surface area contributed by atoms with Gasteiger partial charge in [-0.3, -0.25) is 14.6 Å². The monoisotopic (exact) mass is 603 g/mol. The van der Waals surface area contributed by atoms with Crippen LogP contribution in [0.25, 0.3) is 5.69 Å². The Kier molecular flexibility index (Phi) is 9.27. The summed E-state index contributed by atoms with van der Waals surface area (Å²) in [6.07, 6.45) is 0. The van der Waals surface area contributed by atoms with Gasteiger partial charge in [0, 0.05) is 5.69 Å². The molecule has 0 aliphatic carbocycles. The van der Waals surface area contributed by atoms with Crippen molar-refractivity contribution in [2.75, 3.05) is 4.72 Å². The van der Waals surface area contributed by atoms with Crippen molar-refractivity contribution in [1.29, 1.82) is 0 Å². The van der Waals surface area contributed by atoms with Gasteiger partial charge in [-0.1, -0.05) is 47.5 Å². The quantitative estimate of drug-likeness (QED) is 0.186. The SMILES string of the molecule is Cc1[nH]n(-c2cc(Cl)c(S(=O)(=O)[O-])cc2Cl)c(=O)c1N=Nc1cccc(S(=O)(=O)Nc2ccccc2)c1.[Na+]. The summed E-state index contributed by atoms with van der Waals surface area (Å²) in [4.78, 5) is 12.2. The molecule has 0 aliphatic rings. The number of aromatic amines is 1. The molecule has 2 N–H and O–H groups in total. The smallest absolute Gasteiger partial charge is 0.744 e. The van der Waals surface area contributed by atoms with E-state index < -0.39 is 35.6 Å². The maximum atomic E-state index is 13.0. The molecular formula is C22H16Cl2N5NaO6S2. The van der Waals surface area contributed by atoms with Crippen molar-refractivity contribution in [3.8, 4) is 5.69 Å². The summed E-state index contributed by atoms with van der Waals surface area (Å²) in [5, 5.41) is 10.0. The minimum absolute atomic E-state index is 0. The molecule has 0 saturated heterocycles. The van der Waals surface area contributed by atoms with Crippen LogP contribution in [0.5, 0.6) is 0 Å². The Morgan fingerprint density at radius 3 is 2.26 bits per heavy atom. The average molecular weight is 604 g/mol. The van der Waals surface area contributed by atoms with Gasteiger partial charge in [-0.2, -0.15) is 5.11 Å². The first-order valence-electron chi connectivity index (χ1n) is 10.2. The van der Waals surface area contributed by atoms with Crippen LogP contribution in [0.2, 0.25) is 10.0 Å². The number of nitrogens with one attached hydrogen (secondary N) is 2. The minimum Gasteiger partial charge on any atom is -0.744 e. The summed E-state index contributed by atoms with van der Waals surface area (Å²) in [5.74, 6) is 0. The van der Waals surface area contributed by atoms with Gasteiger partial charge in [0.2, 0.25) is 0 Å². The van der Waals surface area contributed by atoms with Gasteiger partial charge in [-0.15, -0.1) is 5.11 Å². The van der Waals surface area contributed by atoms with Crippen molar-refractivity contribution in [3.63, 3.8) is 0 Å². The second-order valence-corrected chi connectivity index (χ2v) is 11.4. The normalized spacial score (nSPS) is 11.9. The van der Waals surface area contributed by atoms with Crippen LogP contribution < -0.4 is 39.8 Å². The number of hydrogen-bond donors (Lipinski definition) is 2. The van der Waals surface area contributed by atoms with Crippen molar-refractivity contribution < 1.29 is 50.9 Å². The molecule has 4 rings (SSSR count). The molecule has 0 fully saturated rings. The van der Waals surface area contributed by atoms with Crippen LogP contribution in [0, 0.1) is 6.92 Å². The third-order valence-electron chi connectivity index (χ3n) is 4.97. The Labute approximate surface area is 249 Å². The number of aromatic nitrogens is 2. The molecule has 0 amide bonds. The molecule has 0 bridgehead atoms. The van der Waals surface area contributed by atoms with Crippen molar-refractivity contribution >= 4 is 60.4 Å². The van der Waals surface area contributed by atoms with Crippen LogP contribution >= 0.6 is 23.2 Å². The number of rotatable bonds is 7. The Morgan fingerprint density at radius 2 is 1.61 bits per heavy atom. The molecule has 1 aromatic heterocycles. The zero-order chi connectivity index (χ0) is 27.0. The van der Waals surface area contributed by atoms with E-state index in [1.807, 2.05) is 0 Å². The Hall–Kier alpha value is -2.49. The molecule has 3 aromatic carbocycles. The largest absolute Gasteiger partial charge is 1.00 e. The number of aryl methyl sites for hydroxylation is 1. The maximum Gasteiger partial charge on any atom is 1.00 e. The first kappa shape index (κ1) is 30.1. The van der Waals surface area contributed by atoms with Crippen LogP contribution in [-0.4, -0.2) is 31.2 Å². The molecular weight excluding hydrogens is 588 g/mol. The number of anilines is 1. The number of azo groups is 1. The van der Waals surface area contributed by atoms with E-state index in [1.165, 1.54) is 31.2 Å². The molecule has 16 heteroatoms. The molecule has 192 valence electrons. The zero-order valence-corrected chi connectivity index (χ0v) is 24.9. The fraction of sp³-hybridized carbons (Fsp3) is 0.0455. The van der Waals surface area contributed by atoms with Crippen molar-refractivity contribution in [1.82, 2.24) is 9.78 Å². The summed E-state index contributed by atoms with van der Waals surface area (Å²) < 4.78 is 62.9. The number of sulfonamides is 1. The first-order valence-corrected chi connectivity index (χ1v) is 13.9. The summed E-state index contributed by atoms with van der Waals surface area (Å²) in [6.45, 7) is 1.53. The zero-order valence-electron chi connectivity index (χ0n) is 19.7. The Morgan fingerprint density at radius 1 is 0.921 bits per heavy atom. The number of H-pyrrole nitrogens is 1. The fourth-order valence-corrected chi connectivity index (χ4v) is 5.66. The predicted molar refractivity (Wildman–Crippen MR) is 137 cm³/mol. The van der Waals surface area contributed by atoms with Crippen LogP contribution in [0.1, 0.15) is 5.69 Å². The van der Waals surface area contributed by atoms with Gasteiger partial charge in [0.15, 0.2) is 5.69 Å². The van der Waals surface area contributed by atoms with Gasteiger partial charge in [0.1, 0.15) is 10.1 Å².